The van der Waals surface area contributed by atoms with E-state index in [1.807, 2.05) is 26.0 Å². The first-order valence-electron chi connectivity index (χ1n) is 7.14. The molecule has 2 rings (SSSR count). The molecule has 2 nitrogen and oxygen atoms in total. The van der Waals surface area contributed by atoms with E-state index in [9.17, 15) is 4.39 Å². The fraction of sp³-hybridized carbons (Fsp3) is 0.353. The van der Waals surface area contributed by atoms with Crippen molar-refractivity contribution in [2.45, 2.75) is 33.2 Å². The fourth-order valence-electron chi connectivity index (χ4n) is 2.49. The van der Waals surface area contributed by atoms with Crippen molar-refractivity contribution in [3.8, 4) is 0 Å². The molecule has 0 fully saturated rings. The molecule has 0 aliphatic heterocycles. The van der Waals surface area contributed by atoms with E-state index >= 15 is 0 Å². The lowest BCUT2D eigenvalue weighted by molar-refractivity contribution is 0.536. The molecule has 1 heterocycles. The number of nitrogens with one attached hydrogen (secondary N) is 1. The number of pyridine rings is 1. The molecule has 0 saturated carbocycles. The first-order valence-corrected chi connectivity index (χ1v) is 7.52. The smallest absolute Gasteiger partial charge is 0.128 e. The zero-order valence-electron chi connectivity index (χ0n) is 12.6. The number of halogens is 2. The van der Waals surface area contributed by atoms with E-state index in [-0.39, 0.29) is 11.9 Å². The molecule has 1 unspecified atom stereocenters. The summed E-state index contributed by atoms with van der Waals surface area (Å²) in [5.74, 6) is -0.196. The SMILES string of the molecule is CCCNC(c1ccc(Cl)cn1)c1c(C)cc(C)cc1F. The second kappa shape index (κ2) is 7.01. The quantitative estimate of drug-likeness (QED) is 0.874. The van der Waals surface area contributed by atoms with Gasteiger partial charge in [-0.15, -0.1) is 0 Å². The first-order chi connectivity index (χ1) is 10.0. The molecule has 1 N–H and O–H groups in total. The normalized spacial score (nSPS) is 12.4. The minimum absolute atomic E-state index is 0.196. The summed E-state index contributed by atoms with van der Waals surface area (Å²) in [5.41, 5.74) is 3.28. The summed E-state index contributed by atoms with van der Waals surface area (Å²) in [6, 6.07) is 6.93. The highest BCUT2D eigenvalue weighted by Crippen LogP contribution is 2.28. The van der Waals surface area contributed by atoms with Crippen molar-refractivity contribution in [1.29, 1.82) is 0 Å². The minimum atomic E-state index is -0.261. The monoisotopic (exact) mass is 306 g/mol. The summed E-state index contributed by atoms with van der Waals surface area (Å²) in [6.07, 6.45) is 2.57. The van der Waals surface area contributed by atoms with Crippen LogP contribution in [-0.2, 0) is 0 Å². The van der Waals surface area contributed by atoms with Gasteiger partial charge in [0.25, 0.3) is 0 Å². The minimum Gasteiger partial charge on any atom is -0.305 e. The largest absolute Gasteiger partial charge is 0.305 e. The molecule has 0 spiro atoms. The zero-order valence-corrected chi connectivity index (χ0v) is 13.3. The third-order valence-corrected chi connectivity index (χ3v) is 3.64. The molecule has 0 aliphatic carbocycles. The second-order valence-corrected chi connectivity index (χ2v) is 5.70. The topological polar surface area (TPSA) is 24.9 Å². The van der Waals surface area contributed by atoms with Gasteiger partial charge < -0.3 is 5.32 Å². The predicted octanol–water partition coefficient (Wildman–Crippen LogP) is 4.58. The van der Waals surface area contributed by atoms with Crippen LogP contribution in [0.2, 0.25) is 5.02 Å². The highest BCUT2D eigenvalue weighted by molar-refractivity contribution is 6.30. The molecular formula is C17H20ClFN2. The van der Waals surface area contributed by atoms with Gasteiger partial charge >= 0.3 is 0 Å². The number of rotatable bonds is 5. The Hall–Kier alpha value is -1.45. The number of hydrogen-bond donors (Lipinski definition) is 1. The van der Waals surface area contributed by atoms with Crippen molar-refractivity contribution in [1.82, 2.24) is 10.3 Å². The zero-order chi connectivity index (χ0) is 15.4. The Morgan fingerprint density at radius 1 is 1.29 bits per heavy atom. The molecule has 4 heteroatoms. The van der Waals surface area contributed by atoms with Crippen LogP contribution in [0.15, 0.2) is 30.5 Å². The van der Waals surface area contributed by atoms with Crippen LogP contribution in [0.1, 0.15) is 41.8 Å². The summed E-state index contributed by atoms with van der Waals surface area (Å²) in [5, 5.41) is 3.95. The summed E-state index contributed by atoms with van der Waals surface area (Å²) in [6.45, 7) is 6.70. The Kier molecular flexibility index (Phi) is 5.32. The molecule has 0 saturated heterocycles. The van der Waals surface area contributed by atoms with Crippen molar-refractivity contribution in [2.75, 3.05) is 6.54 Å². The number of benzene rings is 1. The molecule has 1 aromatic heterocycles. The maximum atomic E-state index is 14.5. The van der Waals surface area contributed by atoms with E-state index in [1.165, 1.54) is 0 Å². The van der Waals surface area contributed by atoms with Gasteiger partial charge in [-0.3, -0.25) is 4.98 Å². The Bertz CT molecular complexity index is 588. The van der Waals surface area contributed by atoms with Crippen LogP contribution >= 0.6 is 11.6 Å². The van der Waals surface area contributed by atoms with Gasteiger partial charge in [-0.25, -0.2) is 4.39 Å². The van der Waals surface area contributed by atoms with Crippen LogP contribution in [0.3, 0.4) is 0 Å². The Balaban J connectivity index is 2.47. The highest BCUT2D eigenvalue weighted by atomic mass is 35.5. The van der Waals surface area contributed by atoms with E-state index in [0.717, 1.165) is 29.8 Å². The summed E-state index contributed by atoms with van der Waals surface area (Å²) in [7, 11) is 0. The number of hydrogen-bond acceptors (Lipinski definition) is 2. The molecule has 0 radical (unpaired) electrons. The maximum absolute atomic E-state index is 14.5. The lowest BCUT2D eigenvalue weighted by Gasteiger charge is -2.21. The highest BCUT2D eigenvalue weighted by Gasteiger charge is 2.21. The van der Waals surface area contributed by atoms with Gasteiger partial charge in [-0.1, -0.05) is 24.6 Å². The van der Waals surface area contributed by atoms with E-state index < -0.39 is 0 Å². The predicted molar refractivity (Wildman–Crippen MR) is 85.3 cm³/mol. The summed E-state index contributed by atoms with van der Waals surface area (Å²) in [4.78, 5) is 4.35. The van der Waals surface area contributed by atoms with Crippen LogP contribution in [0.25, 0.3) is 0 Å². The van der Waals surface area contributed by atoms with E-state index in [2.05, 4.69) is 17.2 Å². The Morgan fingerprint density at radius 2 is 2.05 bits per heavy atom. The van der Waals surface area contributed by atoms with Crippen molar-refractivity contribution < 1.29 is 4.39 Å². The molecule has 0 aliphatic rings. The van der Waals surface area contributed by atoms with Crippen molar-refractivity contribution in [2.24, 2.45) is 0 Å². The first kappa shape index (κ1) is 15.9. The van der Waals surface area contributed by atoms with Crippen molar-refractivity contribution >= 4 is 11.6 Å². The lowest BCUT2D eigenvalue weighted by Crippen LogP contribution is -2.25. The second-order valence-electron chi connectivity index (χ2n) is 5.27. The molecule has 0 bridgehead atoms. The average molecular weight is 307 g/mol. The van der Waals surface area contributed by atoms with Gasteiger partial charge in [-0.05, 0) is 56.1 Å². The van der Waals surface area contributed by atoms with Gasteiger partial charge in [0.2, 0.25) is 0 Å². The summed E-state index contributed by atoms with van der Waals surface area (Å²) >= 11 is 5.89. The Labute approximate surface area is 130 Å². The molecule has 1 atom stereocenters. The van der Waals surface area contributed by atoms with Gasteiger partial charge in [0, 0.05) is 11.8 Å². The van der Waals surface area contributed by atoms with Crippen LogP contribution in [0, 0.1) is 19.7 Å². The lowest BCUT2D eigenvalue weighted by atomic mass is 9.95. The maximum Gasteiger partial charge on any atom is 0.128 e. The molecule has 2 aromatic rings. The third kappa shape index (κ3) is 3.80. The van der Waals surface area contributed by atoms with E-state index in [1.54, 1.807) is 18.3 Å². The van der Waals surface area contributed by atoms with E-state index in [0.29, 0.717) is 10.6 Å². The van der Waals surface area contributed by atoms with Crippen LogP contribution in [0.4, 0.5) is 4.39 Å². The van der Waals surface area contributed by atoms with Gasteiger partial charge in [0.1, 0.15) is 5.82 Å². The molecule has 21 heavy (non-hydrogen) atoms. The third-order valence-electron chi connectivity index (χ3n) is 3.41. The fourth-order valence-corrected chi connectivity index (χ4v) is 2.61. The molecule has 112 valence electrons. The van der Waals surface area contributed by atoms with Crippen LogP contribution in [-0.4, -0.2) is 11.5 Å². The standard InChI is InChI=1S/C17H20ClFN2/c1-4-7-20-17(15-6-5-13(18)10-21-15)16-12(3)8-11(2)9-14(16)19/h5-6,8-10,17,20H,4,7H2,1-3H3. The average Bonchev–Trinajstić information content (AvgIpc) is 2.42. The van der Waals surface area contributed by atoms with Crippen LogP contribution in [0.5, 0.6) is 0 Å². The van der Waals surface area contributed by atoms with Gasteiger partial charge in [-0.2, -0.15) is 0 Å². The summed E-state index contributed by atoms with van der Waals surface area (Å²) < 4.78 is 14.5. The number of aryl methyl sites for hydroxylation is 2. The van der Waals surface area contributed by atoms with Gasteiger partial charge in [0.05, 0.1) is 16.8 Å². The van der Waals surface area contributed by atoms with Gasteiger partial charge in [0.15, 0.2) is 0 Å². The number of aromatic nitrogens is 1. The number of nitrogens with zero attached hydrogens (tertiary/aromatic N) is 1. The molecular weight excluding hydrogens is 287 g/mol. The van der Waals surface area contributed by atoms with E-state index in [4.69, 9.17) is 11.6 Å². The van der Waals surface area contributed by atoms with Crippen molar-refractivity contribution in [3.05, 3.63) is 63.7 Å². The van der Waals surface area contributed by atoms with Crippen LogP contribution < -0.4 is 5.32 Å². The van der Waals surface area contributed by atoms with Crippen molar-refractivity contribution in [3.63, 3.8) is 0 Å². The Morgan fingerprint density at radius 3 is 2.62 bits per heavy atom. The molecule has 0 amide bonds. The molecule has 1 aromatic carbocycles.